The van der Waals surface area contributed by atoms with E-state index in [2.05, 4.69) is 4.90 Å². The van der Waals surface area contributed by atoms with Crippen LogP contribution in [0.25, 0.3) is 0 Å². The third-order valence-electron chi connectivity index (χ3n) is 3.21. The second-order valence-electron chi connectivity index (χ2n) is 4.96. The summed E-state index contributed by atoms with van der Waals surface area (Å²) in [6, 6.07) is 0. The van der Waals surface area contributed by atoms with Crippen LogP contribution in [0.2, 0.25) is 0 Å². The van der Waals surface area contributed by atoms with Crippen molar-refractivity contribution in [2.45, 2.75) is 32.8 Å². The second kappa shape index (κ2) is 10.3. The fourth-order valence-corrected chi connectivity index (χ4v) is 1.79. The molecule has 6 nitrogen and oxygen atoms in total. The smallest absolute Gasteiger partial charge is 0.331 e. The molecule has 1 unspecified atom stereocenters. The molecule has 6 heteroatoms. The molecule has 120 valence electrons. The van der Waals surface area contributed by atoms with Gasteiger partial charge in [-0.05, 0) is 19.8 Å². The van der Waals surface area contributed by atoms with Crippen LogP contribution in [-0.4, -0.2) is 62.4 Å². The van der Waals surface area contributed by atoms with Crippen LogP contribution in [-0.2, 0) is 23.8 Å². The molecule has 0 N–H and O–H groups in total. The van der Waals surface area contributed by atoms with Crippen LogP contribution in [0.5, 0.6) is 0 Å². The molecule has 1 rings (SSSR count). The van der Waals surface area contributed by atoms with Crippen LogP contribution < -0.4 is 0 Å². The van der Waals surface area contributed by atoms with Crippen molar-refractivity contribution < 1.29 is 23.8 Å². The lowest BCUT2D eigenvalue weighted by molar-refractivity contribution is -0.143. The van der Waals surface area contributed by atoms with Crippen LogP contribution in [0.15, 0.2) is 12.2 Å². The zero-order chi connectivity index (χ0) is 15.5. The van der Waals surface area contributed by atoms with E-state index in [9.17, 15) is 9.59 Å². The lowest BCUT2D eigenvalue weighted by atomic mass is 10.3. The van der Waals surface area contributed by atoms with Gasteiger partial charge in [0.1, 0.15) is 0 Å². The van der Waals surface area contributed by atoms with Gasteiger partial charge in [-0.15, -0.1) is 0 Å². The summed E-state index contributed by atoms with van der Waals surface area (Å²) in [6.07, 6.45) is 3.59. The van der Waals surface area contributed by atoms with Gasteiger partial charge >= 0.3 is 11.9 Å². The third kappa shape index (κ3) is 8.47. The highest BCUT2D eigenvalue weighted by Gasteiger charge is 2.10. The van der Waals surface area contributed by atoms with Crippen LogP contribution in [0.1, 0.15) is 26.7 Å². The molecular formula is C15H25NO5. The lowest BCUT2D eigenvalue weighted by Crippen LogP contribution is -2.37. The van der Waals surface area contributed by atoms with Crippen LogP contribution in [0.3, 0.4) is 0 Å². The van der Waals surface area contributed by atoms with E-state index in [0.717, 1.165) is 57.8 Å². The summed E-state index contributed by atoms with van der Waals surface area (Å²) in [6.45, 7) is 8.34. The van der Waals surface area contributed by atoms with Gasteiger partial charge in [-0.1, -0.05) is 6.92 Å². The summed E-state index contributed by atoms with van der Waals surface area (Å²) in [5, 5.41) is 0. The van der Waals surface area contributed by atoms with Crippen molar-refractivity contribution in [3.8, 4) is 0 Å². The molecule has 0 saturated carbocycles. The maximum absolute atomic E-state index is 11.4. The molecule has 0 aromatic carbocycles. The molecule has 1 saturated heterocycles. The van der Waals surface area contributed by atoms with Gasteiger partial charge in [-0.3, -0.25) is 4.90 Å². The first-order valence-electron chi connectivity index (χ1n) is 7.47. The number of hydrogen-bond donors (Lipinski definition) is 0. The summed E-state index contributed by atoms with van der Waals surface area (Å²) >= 11 is 0. The Morgan fingerprint density at radius 3 is 2.57 bits per heavy atom. The maximum Gasteiger partial charge on any atom is 0.331 e. The van der Waals surface area contributed by atoms with Crippen molar-refractivity contribution in [3.63, 3.8) is 0 Å². The van der Waals surface area contributed by atoms with Crippen LogP contribution >= 0.6 is 0 Å². The highest BCUT2D eigenvalue weighted by molar-refractivity contribution is 5.91. The number of carbonyl (C=O) groups excluding carboxylic acids is 2. The van der Waals surface area contributed by atoms with Gasteiger partial charge < -0.3 is 14.2 Å². The van der Waals surface area contributed by atoms with E-state index in [1.807, 2.05) is 6.92 Å². The number of rotatable bonds is 8. The molecule has 0 aromatic rings. The summed E-state index contributed by atoms with van der Waals surface area (Å²) in [5.74, 6) is -1.03. The van der Waals surface area contributed by atoms with E-state index in [4.69, 9.17) is 14.2 Å². The molecule has 0 aliphatic carbocycles. The quantitative estimate of drug-likeness (QED) is 0.380. The van der Waals surface area contributed by atoms with Gasteiger partial charge in [0, 0.05) is 31.8 Å². The fourth-order valence-electron chi connectivity index (χ4n) is 1.79. The number of esters is 2. The zero-order valence-electron chi connectivity index (χ0n) is 12.9. The third-order valence-corrected chi connectivity index (χ3v) is 3.21. The van der Waals surface area contributed by atoms with Gasteiger partial charge in [0.15, 0.2) is 0 Å². The molecule has 0 amide bonds. The van der Waals surface area contributed by atoms with E-state index in [1.165, 1.54) is 0 Å². The summed E-state index contributed by atoms with van der Waals surface area (Å²) in [4.78, 5) is 25.0. The molecule has 1 aliphatic heterocycles. The first kappa shape index (κ1) is 17.7. The zero-order valence-corrected chi connectivity index (χ0v) is 12.9. The standard InChI is InChI=1S/C15H25NO5/c1-3-13(2)21-15(18)6-5-14(17)20-10-4-7-16-8-11-19-12-9-16/h5-6,13H,3-4,7-12H2,1-2H3/b6-5+. The Bertz CT molecular complexity index is 350. The van der Waals surface area contributed by atoms with Gasteiger partial charge in [0.05, 0.1) is 25.9 Å². The molecule has 0 bridgehead atoms. The molecule has 1 aliphatic rings. The van der Waals surface area contributed by atoms with Crippen molar-refractivity contribution in [2.24, 2.45) is 0 Å². The van der Waals surface area contributed by atoms with Crippen molar-refractivity contribution in [2.75, 3.05) is 39.5 Å². The van der Waals surface area contributed by atoms with Crippen molar-refractivity contribution in [1.82, 2.24) is 4.90 Å². The van der Waals surface area contributed by atoms with E-state index in [-0.39, 0.29) is 6.10 Å². The van der Waals surface area contributed by atoms with E-state index < -0.39 is 11.9 Å². The normalized spacial score (nSPS) is 17.6. The van der Waals surface area contributed by atoms with Crippen LogP contribution in [0.4, 0.5) is 0 Å². The number of ether oxygens (including phenoxy) is 3. The van der Waals surface area contributed by atoms with E-state index in [1.54, 1.807) is 6.92 Å². The number of morpholine rings is 1. The minimum atomic E-state index is -0.519. The Labute approximate surface area is 126 Å². The molecule has 21 heavy (non-hydrogen) atoms. The first-order valence-corrected chi connectivity index (χ1v) is 7.47. The Hall–Kier alpha value is -1.40. The van der Waals surface area contributed by atoms with Gasteiger partial charge in [0.25, 0.3) is 0 Å². The highest BCUT2D eigenvalue weighted by atomic mass is 16.5. The number of carbonyl (C=O) groups is 2. The number of hydrogen-bond acceptors (Lipinski definition) is 6. The molecular weight excluding hydrogens is 274 g/mol. The summed E-state index contributed by atoms with van der Waals surface area (Å²) < 4.78 is 15.3. The van der Waals surface area contributed by atoms with E-state index in [0.29, 0.717) is 6.61 Å². The van der Waals surface area contributed by atoms with Gasteiger partial charge in [0.2, 0.25) is 0 Å². The Balaban J connectivity index is 2.08. The second-order valence-corrected chi connectivity index (χ2v) is 4.96. The Kier molecular flexibility index (Phi) is 8.69. The Morgan fingerprint density at radius 2 is 1.90 bits per heavy atom. The van der Waals surface area contributed by atoms with Gasteiger partial charge in [-0.2, -0.15) is 0 Å². The highest BCUT2D eigenvalue weighted by Crippen LogP contribution is 1.99. The van der Waals surface area contributed by atoms with Crippen LogP contribution in [0, 0.1) is 0 Å². The van der Waals surface area contributed by atoms with Crippen molar-refractivity contribution in [1.29, 1.82) is 0 Å². The topological polar surface area (TPSA) is 65.1 Å². The largest absolute Gasteiger partial charge is 0.462 e. The monoisotopic (exact) mass is 299 g/mol. The van der Waals surface area contributed by atoms with E-state index >= 15 is 0 Å². The predicted octanol–water partition coefficient (Wildman–Crippen LogP) is 1.15. The SMILES string of the molecule is CCC(C)OC(=O)/C=C/C(=O)OCCCN1CCOCC1. The molecule has 0 aromatic heterocycles. The predicted molar refractivity (Wildman–Crippen MR) is 77.8 cm³/mol. The van der Waals surface area contributed by atoms with Gasteiger partial charge in [-0.25, -0.2) is 9.59 Å². The van der Waals surface area contributed by atoms with Crippen molar-refractivity contribution in [3.05, 3.63) is 12.2 Å². The van der Waals surface area contributed by atoms with Crippen molar-refractivity contribution >= 4 is 11.9 Å². The molecule has 0 spiro atoms. The Morgan fingerprint density at radius 1 is 1.24 bits per heavy atom. The minimum Gasteiger partial charge on any atom is -0.462 e. The number of nitrogens with zero attached hydrogens (tertiary/aromatic N) is 1. The molecule has 1 atom stereocenters. The average Bonchev–Trinajstić information content (AvgIpc) is 2.50. The summed E-state index contributed by atoms with van der Waals surface area (Å²) in [7, 11) is 0. The maximum atomic E-state index is 11.4. The lowest BCUT2D eigenvalue weighted by Gasteiger charge is -2.26. The fraction of sp³-hybridized carbons (Fsp3) is 0.733. The minimum absolute atomic E-state index is 0.147. The first-order chi connectivity index (χ1) is 10.1. The molecule has 0 radical (unpaired) electrons. The summed E-state index contributed by atoms with van der Waals surface area (Å²) in [5.41, 5.74) is 0. The molecule has 1 heterocycles. The molecule has 1 fully saturated rings. The average molecular weight is 299 g/mol.